The predicted octanol–water partition coefficient (Wildman–Crippen LogP) is 0.265. The molecule has 0 aliphatic rings. The quantitative estimate of drug-likeness (QED) is 0.148. The van der Waals surface area contributed by atoms with Crippen LogP contribution in [0.5, 0.6) is 0 Å². The van der Waals surface area contributed by atoms with E-state index in [0.29, 0.717) is 25.7 Å². The molecule has 20 heavy (non-hydrogen) atoms. The molecular weight excluding hydrogens is 260 g/mol. The minimum Gasteiger partial charge on any atom is -0.382 e. The van der Waals surface area contributed by atoms with Crippen LogP contribution in [-0.4, -0.2) is 59.2 Å². The van der Waals surface area contributed by atoms with Gasteiger partial charge >= 0.3 is 0 Å². The largest absolute Gasteiger partial charge is 0.382 e. The molecule has 0 fully saturated rings. The van der Waals surface area contributed by atoms with Gasteiger partial charge in [0.1, 0.15) is 0 Å². The van der Waals surface area contributed by atoms with Crippen LogP contribution in [0, 0.1) is 0 Å². The van der Waals surface area contributed by atoms with E-state index in [1.165, 1.54) is 0 Å². The smallest absolute Gasteiger partial charge is 0.205 e. The SMILES string of the molecule is CCOCCCN=C(NN)NCCCCOCCOC. The molecule has 0 bridgehead atoms. The maximum Gasteiger partial charge on any atom is 0.205 e. The molecule has 7 heteroatoms. The molecule has 7 nitrogen and oxygen atoms in total. The summed E-state index contributed by atoms with van der Waals surface area (Å²) in [5, 5.41) is 3.16. The van der Waals surface area contributed by atoms with Gasteiger partial charge in [-0.2, -0.15) is 0 Å². The van der Waals surface area contributed by atoms with Crippen molar-refractivity contribution in [3.63, 3.8) is 0 Å². The number of aliphatic imine (C=N–C) groups is 1. The molecule has 0 heterocycles. The van der Waals surface area contributed by atoms with Gasteiger partial charge in [0.15, 0.2) is 0 Å². The molecule has 4 N–H and O–H groups in total. The van der Waals surface area contributed by atoms with Crippen molar-refractivity contribution in [1.82, 2.24) is 10.7 Å². The van der Waals surface area contributed by atoms with Crippen LogP contribution in [-0.2, 0) is 14.2 Å². The van der Waals surface area contributed by atoms with Gasteiger partial charge in [0, 0.05) is 40.0 Å². The number of unbranched alkanes of at least 4 members (excludes halogenated alkanes) is 1. The summed E-state index contributed by atoms with van der Waals surface area (Å²) in [5.41, 5.74) is 2.56. The second kappa shape index (κ2) is 16.2. The first-order chi connectivity index (χ1) is 9.85. The van der Waals surface area contributed by atoms with E-state index in [-0.39, 0.29) is 0 Å². The van der Waals surface area contributed by atoms with Crippen LogP contribution >= 0.6 is 0 Å². The Balaban J connectivity index is 3.42. The Kier molecular flexibility index (Phi) is 15.4. The van der Waals surface area contributed by atoms with Crippen LogP contribution in [0.2, 0.25) is 0 Å². The van der Waals surface area contributed by atoms with Crippen LogP contribution < -0.4 is 16.6 Å². The summed E-state index contributed by atoms with van der Waals surface area (Å²) in [4.78, 5) is 4.31. The summed E-state index contributed by atoms with van der Waals surface area (Å²) < 4.78 is 15.5. The average Bonchev–Trinajstić information content (AvgIpc) is 2.47. The van der Waals surface area contributed by atoms with E-state index in [2.05, 4.69) is 15.7 Å². The fraction of sp³-hybridized carbons (Fsp3) is 0.923. The summed E-state index contributed by atoms with van der Waals surface area (Å²) in [5.74, 6) is 6.02. The number of hydrazine groups is 1. The number of methoxy groups -OCH3 is 1. The first-order valence-electron chi connectivity index (χ1n) is 7.24. The third-order valence-corrected chi connectivity index (χ3v) is 2.50. The number of ether oxygens (including phenoxy) is 3. The lowest BCUT2D eigenvalue weighted by molar-refractivity contribution is 0.0689. The fourth-order valence-electron chi connectivity index (χ4n) is 1.43. The van der Waals surface area contributed by atoms with Gasteiger partial charge in [0.2, 0.25) is 5.96 Å². The maximum atomic E-state index is 5.40. The second-order valence-corrected chi connectivity index (χ2v) is 4.16. The zero-order valence-corrected chi connectivity index (χ0v) is 12.8. The highest BCUT2D eigenvalue weighted by molar-refractivity contribution is 5.79. The topological polar surface area (TPSA) is 90.1 Å². The highest BCUT2D eigenvalue weighted by Crippen LogP contribution is 1.89. The highest BCUT2D eigenvalue weighted by atomic mass is 16.5. The van der Waals surface area contributed by atoms with E-state index in [0.717, 1.165) is 45.6 Å². The van der Waals surface area contributed by atoms with Crippen molar-refractivity contribution in [1.29, 1.82) is 0 Å². The molecule has 0 spiro atoms. The van der Waals surface area contributed by atoms with Gasteiger partial charge in [-0.3, -0.25) is 10.4 Å². The highest BCUT2D eigenvalue weighted by Gasteiger charge is 1.95. The number of guanidine groups is 1. The normalized spacial score (nSPS) is 11.7. The minimum absolute atomic E-state index is 0.627. The molecule has 0 radical (unpaired) electrons. The Hall–Kier alpha value is -0.890. The van der Waals surface area contributed by atoms with Crippen molar-refractivity contribution < 1.29 is 14.2 Å². The third-order valence-electron chi connectivity index (χ3n) is 2.50. The van der Waals surface area contributed by atoms with E-state index >= 15 is 0 Å². The van der Waals surface area contributed by atoms with Crippen molar-refractivity contribution in [3.05, 3.63) is 0 Å². The third kappa shape index (κ3) is 13.5. The van der Waals surface area contributed by atoms with Gasteiger partial charge in [-0.25, -0.2) is 5.84 Å². The van der Waals surface area contributed by atoms with E-state index < -0.39 is 0 Å². The number of nitrogens with zero attached hydrogens (tertiary/aromatic N) is 1. The first kappa shape index (κ1) is 19.1. The lowest BCUT2D eigenvalue weighted by Gasteiger charge is -2.09. The zero-order valence-electron chi connectivity index (χ0n) is 12.8. The second-order valence-electron chi connectivity index (χ2n) is 4.16. The van der Waals surface area contributed by atoms with Crippen molar-refractivity contribution in [3.8, 4) is 0 Å². The Labute approximate surface area is 122 Å². The monoisotopic (exact) mass is 290 g/mol. The minimum atomic E-state index is 0.627. The Bertz CT molecular complexity index is 228. The van der Waals surface area contributed by atoms with Crippen LogP contribution in [0.1, 0.15) is 26.2 Å². The standard InChI is InChI=1S/C13H30N4O3/c1-3-19-10-6-8-16-13(17-14)15-7-4-5-9-20-12-11-18-2/h3-12,14H2,1-2H3,(H2,15,16,17). The summed E-state index contributed by atoms with van der Waals surface area (Å²) in [6.45, 7) is 7.04. The van der Waals surface area contributed by atoms with Crippen molar-refractivity contribution in [2.45, 2.75) is 26.2 Å². The summed E-state index contributed by atoms with van der Waals surface area (Å²) in [7, 11) is 1.67. The van der Waals surface area contributed by atoms with Gasteiger partial charge in [-0.1, -0.05) is 0 Å². The molecule has 0 aliphatic carbocycles. The molecule has 0 aromatic carbocycles. The molecule has 0 aromatic heterocycles. The van der Waals surface area contributed by atoms with Gasteiger partial charge in [-0.15, -0.1) is 0 Å². The van der Waals surface area contributed by atoms with Crippen LogP contribution in [0.15, 0.2) is 4.99 Å². The predicted molar refractivity (Wildman–Crippen MR) is 80.7 cm³/mol. The van der Waals surface area contributed by atoms with Crippen LogP contribution in [0.3, 0.4) is 0 Å². The van der Waals surface area contributed by atoms with Crippen LogP contribution in [0.25, 0.3) is 0 Å². The molecule has 0 atom stereocenters. The molecule has 0 aliphatic heterocycles. The number of hydrogen-bond donors (Lipinski definition) is 3. The molecule has 0 amide bonds. The Morgan fingerprint density at radius 3 is 2.55 bits per heavy atom. The molecule has 0 rings (SSSR count). The molecule has 0 saturated heterocycles. The van der Waals surface area contributed by atoms with E-state index in [1.807, 2.05) is 6.92 Å². The van der Waals surface area contributed by atoms with E-state index in [9.17, 15) is 0 Å². The lowest BCUT2D eigenvalue weighted by atomic mass is 10.3. The van der Waals surface area contributed by atoms with Gasteiger partial charge < -0.3 is 19.5 Å². The summed E-state index contributed by atoms with van der Waals surface area (Å²) in [6, 6.07) is 0. The van der Waals surface area contributed by atoms with Crippen molar-refractivity contribution in [2.75, 3.05) is 53.2 Å². The van der Waals surface area contributed by atoms with Gasteiger partial charge in [0.25, 0.3) is 0 Å². The molecular formula is C13H30N4O3. The number of nitrogens with one attached hydrogen (secondary N) is 2. The maximum absolute atomic E-state index is 5.40. The Morgan fingerprint density at radius 2 is 1.85 bits per heavy atom. The summed E-state index contributed by atoms with van der Waals surface area (Å²) >= 11 is 0. The zero-order chi connectivity index (χ0) is 14.9. The Morgan fingerprint density at radius 1 is 1.05 bits per heavy atom. The fourth-order valence-corrected chi connectivity index (χ4v) is 1.43. The van der Waals surface area contributed by atoms with Gasteiger partial charge in [-0.05, 0) is 26.2 Å². The summed E-state index contributed by atoms with van der Waals surface area (Å²) in [6.07, 6.45) is 2.90. The van der Waals surface area contributed by atoms with Crippen LogP contribution in [0.4, 0.5) is 0 Å². The molecule has 0 saturated carbocycles. The molecule has 0 unspecified atom stereocenters. The molecule has 120 valence electrons. The average molecular weight is 290 g/mol. The number of hydrogen-bond acceptors (Lipinski definition) is 5. The number of rotatable bonds is 13. The van der Waals surface area contributed by atoms with E-state index in [1.54, 1.807) is 7.11 Å². The van der Waals surface area contributed by atoms with E-state index in [4.69, 9.17) is 20.1 Å². The van der Waals surface area contributed by atoms with Crippen molar-refractivity contribution in [2.24, 2.45) is 10.8 Å². The first-order valence-corrected chi connectivity index (χ1v) is 7.24. The van der Waals surface area contributed by atoms with Gasteiger partial charge in [0.05, 0.1) is 13.2 Å². The van der Waals surface area contributed by atoms with Crippen molar-refractivity contribution >= 4 is 5.96 Å². The number of nitrogens with two attached hydrogens (primary N) is 1. The lowest BCUT2D eigenvalue weighted by Crippen LogP contribution is -2.42. The molecule has 0 aromatic rings.